The number of benzene rings is 1. The SMILES string of the molecule is O=[N+]([O-])c1cc(S)c(O)c(S)c1O. The van der Waals surface area contributed by atoms with Crippen LogP contribution < -0.4 is 0 Å². The van der Waals surface area contributed by atoms with Gasteiger partial charge in [0, 0.05) is 6.07 Å². The average Bonchev–Trinajstić information content (AvgIpc) is 2.07. The third-order valence-electron chi connectivity index (χ3n) is 1.40. The molecule has 0 aliphatic rings. The topological polar surface area (TPSA) is 83.6 Å². The van der Waals surface area contributed by atoms with Crippen molar-refractivity contribution < 1.29 is 15.1 Å². The standard InChI is InChI=1S/C6H5NO4S2/c8-4-2(7(10)11)1-3(12)5(9)6(4)13/h1,8-9,12-13H. The molecule has 1 rings (SSSR count). The quantitative estimate of drug-likeness (QED) is 0.328. The first-order chi connectivity index (χ1) is 5.95. The van der Waals surface area contributed by atoms with Gasteiger partial charge in [0.2, 0.25) is 5.75 Å². The summed E-state index contributed by atoms with van der Waals surface area (Å²) in [5.41, 5.74) is -0.534. The highest BCUT2D eigenvalue weighted by Gasteiger charge is 2.20. The molecule has 0 saturated carbocycles. The molecule has 5 nitrogen and oxygen atoms in total. The van der Waals surface area contributed by atoms with Crippen molar-refractivity contribution in [2.45, 2.75) is 9.79 Å². The Morgan fingerprint density at radius 3 is 2.31 bits per heavy atom. The molecule has 0 aromatic heterocycles. The molecule has 0 atom stereocenters. The van der Waals surface area contributed by atoms with Crippen LogP contribution in [-0.4, -0.2) is 15.1 Å². The van der Waals surface area contributed by atoms with E-state index in [1.54, 1.807) is 0 Å². The molecular formula is C6H5NO4S2. The Labute approximate surface area is 84.0 Å². The Hall–Kier alpha value is -1.08. The molecule has 0 spiro atoms. The lowest BCUT2D eigenvalue weighted by Crippen LogP contribution is -1.90. The van der Waals surface area contributed by atoms with Gasteiger partial charge < -0.3 is 10.2 Å². The monoisotopic (exact) mass is 219 g/mol. The summed E-state index contributed by atoms with van der Waals surface area (Å²) in [7, 11) is 0. The van der Waals surface area contributed by atoms with Crippen LogP contribution >= 0.6 is 25.3 Å². The number of nitro groups is 1. The van der Waals surface area contributed by atoms with Crippen LogP contribution in [0.4, 0.5) is 5.69 Å². The summed E-state index contributed by atoms with van der Waals surface area (Å²) >= 11 is 7.46. The summed E-state index contributed by atoms with van der Waals surface area (Å²) in [6, 6.07) is 0.952. The fourth-order valence-corrected chi connectivity index (χ4v) is 1.32. The van der Waals surface area contributed by atoms with Crippen molar-refractivity contribution in [2.24, 2.45) is 0 Å². The minimum Gasteiger partial charge on any atom is -0.505 e. The molecule has 0 aliphatic heterocycles. The number of thiol groups is 2. The highest BCUT2D eigenvalue weighted by molar-refractivity contribution is 7.81. The third-order valence-corrected chi connectivity index (χ3v) is 2.17. The Kier molecular flexibility index (Phi) is 2.58. The molecule has 0 amide bonds. The maximum Gasteiger partial charge on any atom is 0.313 e. The van der Waals surface area contributed by atoms with E-state index in [0.29, 0.717) is 0 Å². The number of nitrogens with zero attached hydrogens (tertiary/aromatic N) is 1. The summed E-state index contributed by atoms with van der Waals surface area (Å²) in [6.45, 7) is 0. The van der Waals surface area contributed by atoms with Crippen molar-refractivity contribution in [3.63, 3.8) is 0 Å². The van der Waals surface area contributed by atoms with Crippen LogP contribution in [0.3, 0.4) is 0 Å². The zero-order valence-corrected chi connectivity index (χ0v) is 7.92. The van der Waals surface area contributed by atoms with Crippen LogP contribution in [0.15, 0.2) is 15.9 Å². The molecule has 0 unspecified atom stereocenters. The Morgan fingerprint density at radius 2 is 1.85 bits per heavy atom. The zero-order valence-electron chi connectivity index (χ0n) is 6.13. The van der Waals surface area contributed by atoms with Gasteiger partial charge >= 0.3 is 5.69 Å². The highest BCUT2D eigenvalue weighted by atomic mass is 32.1. The Bertz CT molecular complexity index is 379. The number of aromatic hydroxyl groups is 2. The number of phenols is 2. The summed E-state index contributed by atoms with van der Waals surface area (Å²) in [5.74, 6) is -1.04. The Morgan fingerprint density at radius 1 is 1.31 bits per heavy atom. The fourth-order valence-electron chi connectivity index (χ4n) is 0.760. The summed E-state index contributed by atoms with van der Waals surface area (Å²) in [6.07, 6.45) is 0. The number of rotatable bonds is 1. The predicted molar refractivity (Wildman–Crippen MR) is 50.9 cm³/mol. The zero-order chi connectivity index (χ0) is 10.2. The molecule has 1 aromatic rings. The number of hydrogen-bond donors (Lipinski definition) is 4. The van der Waals surface area contributed by atoms with E-state index < -0.39 is 16.4 Å². The first-order valence-corrected chi connectivity index (χ1v) is 3.95. The third kappa shape index (κ3) is 1.65. The second kappa shape index (κ2) is 3.35. The van der Waals surface area contributed by atoms with E-state index >= 15 is 0 Å². The predicted octanol–water partition coefficient (Wildman–Crippen LogP) is 1.58. The summed E-state index contributed by atoms with van der Waals surface area (Å²) in [4.78, 5) is 9.29. The van der Waals surface area contributed by atoms with Crippen molar-refractivity contribution in [3.8, 4) is 11.5 Å². The molecule has 70 valence electrons. The maximum atomic E-state index is 10.3. The number of hydrogen-bond acceptors (Lipinski definition) is 6. The molecular weight excluding hydrogens is 214 g/mol. The van der Waals surface area contributed by atoms with Gasteiger partial charge in [0.25, 0.3) is 0 Å². The molecule has 0 heterocycles. The van der Waals surface area contributed by atoms with Gasteiger partial charge in [0.05, 0.1) is 14.7 Å². The van der Waals surface area contributed by atoms with Crippen LogP contribution in [0, 0.1) is 10.1 Å². The summed E-state index contributed by atoms with van der Waals surface area (Å²) in [5, 5.41) is 28.7. The summed E-state index contributed by atoms with van der Waals surface area (Å²) < 4.78 is 0. The van der Waals surface area contributed by atoms with Crippen molar-refractivity contribution in [1.82, 2.24) is 0 Å². The molecule has 0 aliphatic carbocycles. The largest absolute Gasteiger partial charge is 0.505 e. The minimum atomic E-state index is -0.784. The van der Waals surface area contributed by atoms with E-state index in [4.69, 9.17) is 10.2 Å². The molecule has 0 bridgehead atoms. The van der Waals surface area contributed by atoms with Crippen LogP contribution in [0.5, 0.6) is 11.5 Å². The van der Waals surface area contributed by atoms with E-state index in [0.717, 1.165) is 6.07 Å². The van der Waals surface area contributed by atoms with E-state index in [1.807, 2.05) is 0 Å². The van der Waals surface area contributed by atoms with Crippen molar-refractivity contribution >= 4 is 30.9 Å². The lowest BCUT2D eigenvalue weighted by Gasteiger charge is -2.03. The minimum absolute atomic E-state index is 0.00509. The average molecular weight is 219 g/mol. The molecule has 2 N–H and O–H groups in total. The van der Waals surface area contributed by atoms with E-state index in [1.165, 1.54) is 0 Å². The highest BCUT2D eigenvalue weighted by Crippen LogP contribution is 2.42. The van der Waals surface area contributed by atoms with Gasteiger partial charge in [-0.1, -0.05) is 0 Å². The van der Waals surface area contributed by atoms with Crippen molar-refractivity contribution in [2.75, 3.05) is 0 Å². The second-order valence-electron chi connectivity index (χ2n) is 2.22. The molecule has 13 heavy (non-hydrogen) atoms. The van der Waals surface area contributed by atoms with Crippen LogP contribution in [0.1, 0.15) is 0 Å². The molecule has 7 heteroatoms. The molecule has 0 saturated heterocycles. The van der Waals surface area contributed by atoms with E-state index in [-0.39, 0.29) is 15.5 Å². The molecule has 1 aromatic carbocycles. The number of nitro benzene ring substituents is 1. The van der Waals surface area contributed by atoms with Gasteiger partial charge in [0.15, 0.2) is 0 Å². The lowest BCUT2D eigenvalue weighted by atomic mass is 10.3. The first-order valence-electron chi connectivity index (χ1n) is 3.06. The van der Waals surface area contributed by atoms with Crippen molar-refractivity contribution in [1.29, 1.82) is 0 Å². The molecule has 0 fully saturated rings. The van der Waals surface area contributed by atoms with E-state index in [2.05, 4.69) is 25.3 Å². The van der Waals surface area contributed by atoms with Gasteiger partial charge in [-0.05, 0) is 0 Å². The lowest BCUT2D eigenvalue weighted by molar-refractivity contribution is -0.386. The van der Waals surface area contributed by atoms with Gasteiger partial charge in [-0.25, -0.2) is 0 Å². The van der Waals surface area contributed by atoms with E-state index in [9.17, 15) is 10.1 Å². The smallest absolute Gasteiger partial charge is 0.313 e. The van der Waals surface area contributed by atoms with Crippen LogP contribution in [0.25, 0.3) is 0 Å². The maximum absolute atomic E-state index is 10.3. The van der Waals surface area contributed by atoms with Gasteiger partial charge in [-0.15, -0.1) is 25.3 Å². The van der Waals surface area contributed by atoms with Gasteiger partial charge in [-0.3, -0.25) is 10.1 Å². The Balaban J connectivity index is 3.50. The second-order valence-corrected chi connectivity index (χ2v) is 3.15. The normalized spacial score (nSPS) is 10.0. The number of phenolic OH excluding ortho intramolecular Hbond substituents is 2. The van der Waals surface area contributed by atoms with Gasteiger partial charge in [-0.2, -0.15) is 0 Å². The molecule has 0 radical (unpaired) electrons. The van der Waals surface area contributed by atoms with Crippen molar-refractivity contribution in [3.05, 3.63) is 16.2 Å². The van der Waals surface area contributed by atoms with Crippen LogP contribution in [0.2, 0.25) is 0 Å². The van der Waals surface area contributed by atoms with Crippen LogP contribution in [-0.2, 0) is 0 Å². The van der Waals surface area contributed by atoms with Gasteiger partial charge in [0.1, 0.15) is 5.75 Å². The first kappa shape index (κ1) is 10.0. The fraction of sp³-hybridized carbons (Fsp3) is 0.